The standard InChI is InChI=1S/C26H35F3N4O2/c1-16-15-35-8-5-22(16)31-19-9-17-3-2-6-25(17,12-19)24(34)33-14-20-11-21(33)13-32(20)23-10-18(4-7-30-23)26(27,28)29/h4,7,10,16-17,19-22,31H,2-3,5-6,8-9,11-15H2,1H3/t16-,17-,19-,20+,21+,22-,25-/m1/s1. The van der Waals surface area contributed by atoms with Crippen LogP contribution in [0.1, 0.15) is 57.4 Å². The number of likely N-dealkylation sites (tertiary alicyclic amines) is 1. The highest BCUT2D eigenvalue weighted by molar-refractivity contribution is 5.85. The number of ether oxygens (including phenoxy) is 1. The van der Waals surface area contributed by atoms with Crippen LogP contribution in [0.3, 0.4) is 0 Å². The summed E-state index contributed by atoms with van der Waals surface area (Å²) in [4.78, 5) is 22.3. The van der Waals surface area contributed by atoms with Crippen LogP contribution in [0.5, 0.6) is 0 Å². The Morgan fingerprint density at radius 3 is 2.83 bits per heavy atom. The number of anilines is 1. The highest BCUT2D eigenvalue weighted by Crippen LogP contribution is 2.56. The molecular weight excluding hydrogens is 457 g/mol. The number of piperazine rings is 1. The van der Waals surface area contributed by atoms with Crippen LogP contribution >= 0.6 is 0 Å². The molecule has 192 valence electrons. The van der Waals surface area contributed by atoms with Crippen LogP contribution in [-0.2, 0) is 15.7 Å². The number of fused-ring (bicyclic) bond motifs is 3. The molecule has 4 heterocycles. The first kappa shape index (κ1) is 23.5. The van der Waals surface area contributed by atoms with Crippen molar-refractivity contribution < 1.29 is 22.7 Å². The average molecular weight is 493 g/mol. The number of nitrogens with one attached hydrogen (secondary N) is 1. The zero-order valence-electron chi connectivity index (χ0n) is 20.3. The molecule has 0 radical (unpaired) electrons. The molecule has 9 heteroatoms. The number of hydrogen-bond donors (Lipinski definition) is 1. The van der Waals surface area contributed by atoms with Crippen molar-refractivity contribution in [1.29, 1.82) is 0 Å². The van der Waals surface area contributed by atoms with Crippen LogP contribution in [0.2, 0.25) is 0 Å². The van der Waals surface area contributed by atoms with E-state index in [-0.39, 0.29) is 17.5 Å². The molecule has 6 nitrogen and oxygen atoms in total. The number of halogens is 3. The van der Waals surface area contributed by atoms with Crippen LogP contribution in [0, 0.1) is 17.3 Å². The lowest BCUT2D eigenvalue weighted by atomic mass is 9.78. The van der Waals surface area contributed by atoms with Gasteiger partial charge in [-0.3, -0.25) is 4.79 Å². The summed E-state index contributed by atoms with van der Waals surface area (Å²) in [6.07, 6.45) is 3.86. The molecule has 5 aliphatic rings. The third-order valence-corrected chi connectivity index (χ3v) is 9.52. The van der Waals surface area contributed by atoms with E-state index < -0.39 is 11.7 Å². The van der Waals surface area contributed by atoms with Crippen molar-refractivity contribution in [3.63, 3.8) is 0 Å². The molecule has 7 atom stereocenters. The molecule has 2 aliphatic carbocycles. The van der Waals surface area contributed by atoms with Gasteiger partial charge in [-0.15, -0.1) is 0 Å². The van der Waals surface area contributed by atoms with Crippen LogP contribution in [0.15, 0.2) is 18.3 Å². The van der Waals surface area contributed by atoms with Gasteiger partial charge in [0, 0.05) is 38.0 Å². The summed E-state index contributed by atoms with van der Waals surface area (Å²) in [6.45, 7) is 4.99. The maximum atomic E-state index is 14.1. The van der Waals surface area contributed by atoms with Crippen molar-refractivity contribution in [3.05, 3.63) is 23.9 Å². The Morgan fingerprint density at radius 2 is 2.09 bits per heavy atom. The van der Waals surface area contributed by atoms with Crippen molar-refractivity contribution in [3.8, 4) is 0 Å². The molecule has 35 heavy (non-hydrogen) atoms. The van der Waals surface area contributed by atoms with E-state index in [1.807, 2.05) is 4.90 Å². The predicted octanol–water partition coefficient (Wildman–Crippen LogP) is 3.85. The van der Waals surface area contributed by atoms with Gasteiger partial charge in [0.2, 0.25) is 5.91 Å². The zero-order valence-corrected chi connectivity index (χ0v) is 20.3. The van der Waals surface area contributed by atoms with E-state index in [2.05, 4.69) is 22.1 Å². The molecule has 0 aromatic carbocycles. The number of carbonyl (C=O) groups is 1. The highest BCUT2D eigenvalue weighted by Gasteiger charge is 2.59. The number of carbonyl (C=O) groups excluding carboxylic acids is 1. The summed E-state index contributed by atoms with van der Waals surface area (Å²) in [7, 11) is 0. The Labute approximate surface area is 204 Å². The lowest BCUT2D eigenvalue weighted by molar-refractivity contribution is -0.144. The van der Waals surface area contributed by atoms with Gasteiger partial charge in [-0.1, -0.05) is 13.3 Å². The topological polar surface area (TPSA) is 57.7 Å². The minimum atomic E-state index is -4.38. The van der Waals surface area contributed by atoms with Gasteiger partial charge in [-0.25, -0.2) is 4.98 Å². The Bertz CT molecular complexity index is 974. The van der Waals surface area contributed by atoms with Crippen molar-refractivity contribution in [1.82, 2.24) is 15.2 Å². The fourth-order valence-corrected chi connectivity index (χ4v) is 7.78. The van der Waals surface area contributed by atoms with Crippen molar-refractivity contribution in [2.24, 2.45) is 17.3 Å². The maximum absolute atomic E-state index is 14.1. The molecule has 2 saturated carbocycles. The van der Waals surface area contributed by atoms with Crippen molar-refractivity contribution in [2.75, 3.05) is 31.2 Å². The van der Waals surface area contributed by atoms with E-state index in [0.717, 1.165) is 70.3 Å². The van der Waals surface area contributed by atoms with Gasteiger partial charge in [0.25, 0.3) is 0 Å². The molecule has 1 amide bonds. The van der Waals surface area contributed by atoms with Gasteiger partial charge in [-0.2, -0.15) is 13.2 Å². The summed E-state index contributed by atoms with van der Waals surface area (Å²) < 4.78 is 45.2. The highest BCUT2D eigenvalue weighted by atomic mass is 19.4. The molecule has 0 spiro atoms. The number of hydrogen-bond acceptors (Lipinski definition) is 5. The fraction of sp³-hybridized carbons (Fsp3) is 0.769. The lowest BCUT2D eigenvalue weighted by Gasteiger charge is -2.40. The largest absolute Gasteiger partial charge is 0.416 e. The fourth-order valence-electron chi connectivity index (χ4n) is 7.78. The van der Waals surface area contributed by atoms with Gasteiger partial charge in [0.05, 0.1) is 29.7 Å². The number of nitrogens with zero attached hydrogens (tertiary/aromatic N) is 3. The predicted molar refractivity (Wildman–Crippen MR) is 125 cm³/mol. The van der Waals surface area contributed by atoms with E-state index >= 15 is 0 Å². The summed E-state index contributed by atoms with van der Waals surface area (Å²) in [5, 5.41) is 3.89. The van der Waals surface area contributed by atoms with Crippen molar-refractivity contribution in [2.45, 2.75) is 82.2 Å². The molecule has 5 fully saturated rings. The molecule has 6 rings (SSSR count). The molecule has 1 N–H and O–H groups in total. The summed E-state index contributed by atoms with van der Waals surface area (Å²) in [5.74, 6) is 1.59. The first-order valence-corrected chi connectivity index (χ1v) is 13.2. The number of alkyl halides is 3. The molecule has 3 saturated heterocycles. The Morgan fingerprint density at radius 1 is 1.23 bits per heavy atom. The van der Waals surface area contributed by atoms with Gasteiger partial charge < -0.3 is 19.9 Å². The monoisotopic (exact) mass is 492 g/mol. The van der Waals surface area contributed by atoms with Crippen LogP contribution in [0.4, 0.5) is 19.0 Å². The zero-order chi connectivity index (χ0) is 24.4. The Hall–Kier alpha value is -1.87. The quantitative estimate of drug-likeness (QED) is 0.692. The second-order valence-electron chi connectivity index (χ2n) is 11.5. The number of aromatic nitrogens is 1. The normalized spacial score (nSPS) is 38.9. The molecular formula is C26H35F3N4O2. The van der Waals surface area contributed by atoms with E-state index in [0.29, 0.717) is 48.7 Å². The first-order valence-electron chi connectivity index (χ1n) is 13.2. The molecule has 1 aromatic heterocycles. The second kappa shape index (κ2) is 8.61. The van der Waals surface area contributed by atoms with Crippen LogP contribution < -0.4 is 10.2 Å². The van der Waals surface area contributed by atoms with Crippen LogP contribution in [-0.4, -0.2) is 66.3 Å². The molecule has 3 aliphatic heterocycles. The van der Waals surface area contributed by atoms with Gasteiger partial charge >= 0.3 is 6.18 Å². The lowest BCUT2D eigenvalue weighted by Crippen LogP contribution is -2.54. The van der Waals surface area contributed by atoms with E-state index in [4.69, 9.17) is 4.74 Å². The second-order valence-corrected chi connectivity index (χ2v) is 11.5. The van der Waals surface area contributed by atoms with E-state index in [1.165, 1.54) is 6.20 Å². The third kappa shape index (κ3) is 4.02. The smallest absolute Gasteiger partial charge is 0.381 e. The van der Waals surface area contributed by atoms with Gasteiger partial charge in [0.15, 0.2) is 0 Å². The summed E-state index contributed by atoms with van der Waals surface area (Å²) >= 11 is 0. The number of amides is 1. The number of rotatable bonds is 4. The minimum absolute atomic E-state index is 0.0367. The van der Waals surface area contributed by atoms with E-state index in [1.54, 1.807) is 0 Å². The maximum Gasteiger partial charge on any atom is 0.416 e. The first-order chi connectivity index (χ1) is 16.7. The van der Waals surface area contributed by atoms with Crippen molar-refractivity contribution >= 4 is 11.7 Å². The Balaban J connectivity index is 1.14. The van der Waals surface area contributed by atoms with Gasteiger partial charge in [-0.05, 0) is 62.5 Å². The molecule has 0 unspecified atom stereocenters. The minimum Gasteiger partial charge on any atom is -0.381 e. The van der Waals surface area contributed by atoms with E-state index in [9.17, 15) is 18.0 Å². The third-order valence-electron chi connectivity index (χ3n) is 9.52. The summed E-state index contributed by atoms with van der Waals surface area (Å²) in [5.41, 5.74) is -0.940. The summed E-state index contributed by atoms with van der Waals surface area (Å²) in [6, 6.07) is 3.08. The SMILES string of the molecule is C[C@@H]1COCC[C@H]1N[C@@H]1C[C@H]2CCC[C@@]2(C(=O)N2C[C@@H]3C[C@H]2CN3c2cc(C(F)(F)F)ccn2)C1. The Kier molecular flexibility index (Phi) is 5.79. The van der Waals surface area contributed by atoms with Crippen LogP contribution in [0.25, 0.3) is 0 Å². The molecule has 2 bridgehead atoms. The average Bonchev–Trinajstić information content (AvgIpc) is 3.59. The molecule has 1 aromatic rings. The number of pyridine rings is 1. The van der Waals surface area contributed by atoms with Gasteiger partial charge in [0.1, 0.15) is 5.82 Å².